The quantitative estimate of drug-likeness (QED) is 0.808. The summed E-state index contributed by atoms with van der Waals surface area (Å²) in [6.07, 6.45) is 2.81. The van der Waals surface area contributed by atoms with E-state index in [1.165, 1.54) is 0 Å². The number of nitrogens with zero attached hydrogens (tertiary/aromatic N) is 2. The summed E-state index contributed by atoms with van der Waals surface area (Å²) < 4.78 is 0. The maximum Gasteiger partial charge on any atom is 0.128 e. The monoisotopic (exact) mass is 227 g/mol. The molecule has 3 nitrogen and oxygen atoms in total. The van der Waals surface area contributed by atoms with Crippen LogP contribution in [-0.2, 0) is 0 Å². The van der Waals surface area contributed by atoms with Gasteiger partial charge in [0.05, 0.1) is 5.02 Å². The topological polar surface area (TPSA) is 28.2 Å². The van der Waals surface area contributed by atoms with Gasteiger partial charge in [-0.1, -0.05) is 18.5 Å². The molecule has 0 aliphatic heterocycles. The largest absolute Gasteiger partial charge is 0.355 e. The summed E-state index contributed by atoms with van der Waals surface area (Å²) in [5, 5.41) is 3.83. The van der Waals surface area contributed by atoms with Gasteiger partial charge in [-0.2, -0.15) is 0 Å². The van der Waals surface area contributed by atoms with Crippen molar-refractivity contribution in [3.8, 4) is 0 Å². The van der Waals surface area contributed by atoms with Gasteiger partial charge in [-0.3, -0.25) is 0 Å². The third-order valence-corrected chi connectivity index (χ3v) is 2.38. The second-order valence-corrected chi connectivity index (χ2v) is 3.86. The molecule has 0 aliphatic rings. The Morgan fingerprint density at radius 1 is 1.40 bits per heavy atom. The predicted molar refractivity (Wildman–Crippen MR) is 65.7 cm³/mol. The molecule has 0 saturated carbocycles. The van der Waals surface area contributed by atoms with E-state index in [9.17, 15) is 0 Å². The van der Waals surface area contributed by atoms with Gasteiger partial charge in [-0.15, -0.1) is 0 Å². The number of nitrogens with one attached hydrogen (secondary N) is 1. The normalized spacial score (nSPS) is 10.3. The van der Waals surface area contributed by atoms with E-state index < -0.39 is 0 Å². The van der Waals surface area contributed by atoms with Crippen molar-refractivity contribution in [2.75, 3.05) is 31.6 Å². The lowest BCUT2D eigenvalue weighted by Gasteiger charge is -2.22. The van der Waals surface area contributed by atoms with E-state index in [4.69, 9.17) is 11.6 Å². The van der Waals surface area contributed by atoms with Crippen molar-refractivity contribution >= 4 is 17.4 Å². The van der Waals surface area contributed by atoms with Gasteiger partial charge < -0.3 is 10.2 Å². The van der Waals surface area contributed by atoms with Crippen molar-refractivity contribution < 1.29 is 0 Å². The van der Waals surface area contributed by atoms with E-state index in [1.54, 1.807) is 6.20 Å². The van der Waals surface area contributed by atoms with Gasteiger partial charge in [0.2, 0.25) is 0 Å². The lowest BCUT2D eigenvalue weighted by Crippen LogP contribution is -2.32. The first-order valence-corrected chi connectivity index (χ1v) is 5.66. The highest BCUT2D eigenvalue weighted by atomic mass is 35.5. The Labute approximate surface area is 96.5 Å². The first kappa shape index (κ1) is 12.3. The molecule has 1 N–H and O–H groups in total. The minimum Gasteiger partial charge on any atom is -0.355 e. The van der Waals surface area contributed by atoms with Crippen LogP contribution in [0.25, 0.3) is 0 Å². The molecule has 4 heteroatoms. The molecule has 0 atom stereocenters. The fraction of sp³-hybridized carbons (Fsp3) is 0.545. The van der Waals surface area contributed by atoms with Gasteiger partial charge in [-0.25, -0.2) is 4.98 Å². The number of halogens is 1. The molecule has 0 aliphatic carbocycles. The molecule has 1 aromatic heterocycles. The van der Waals surface area contributed by atoms with Gasteiger partial charge >= 0.3 is 0 Å². The fourth-order valence-corrected chi connectivity index (χ4v) is 1.52. The number of rotatable bonds is 6. The van der Waals surface area contributed by atoms with E-state index in [1.807, 2.05) is 19.2 Å². The van der Waals surface area contributed by atoms with Crippen LogP contribution in [0.4, 0.5) is 5.82 Å². The summed E-state index contributed by atoms with van der Waals surface area (Å²) in [7, 11) is 1.96. The van der Waals surface area contributed by atoms with Gasteiger partial charge in [0.1, 0.15) is 5.82 Å². The van der Waals surface area contributed by atoms with Gasteiger partial charge in [0.15, 0.2) is 0 Å². The Morgan fingerprint density at radius 2 is 2.20 bits per heavy atom. The molecule has 15 heavy (non-hydrogen) atoms. The van der Waals surface area contributed by atoms with Crippen LogP contribution in [0.1, 0.15) is 13.3 Å². The van der Waals surface area contributed by atoms with E-state index in [0.29, 0.717) is 5.02 Å². The molecular weight excluding hydrogens is 210 g/mol. The standard InChI is InChI=1S/C11H18ClN3/c1-3-7-15(8-6-13-2)11-5-4-10(12)9-14-11/h4-5,9,13H,3,6-8H2,1-2H3. The van der Waals surface area contributed by atoms with Crippen LogP contribution in [0.15, 0.2) is 18.3 Å². The maximum atomic E-state index is 5.80. The molecule has 0 radical (unpaired) electrons. The zero-order valence-electron chi connectivity index (χ0n) is 9.33. The van der Waals surface area contributed by atoms with Crippen molar-refractivity contribution in [1.82, 2.24) is 10.3 Å². The summed E-state index contributed by atoms with van der Waals surface area (Å²) in [5.74, 6) is 0.997. The highest BCUT2D eigenvalue weighted by Gasteiger charge is 2.05. The number of hydrogen-bond acceptors (Lipinski definition) is 3. The maximum absolute atomic E-state index is 5.80. The highest BCUT2D eigenvalue weighted by Crippen LogP contribution is 2.14. The minimum atomic E-state index is 0.684. The summed E-state index contributed by atoms with van der Waals surface area (Å²) in [6.45, 7) is 5.13. The van der Waals surface area contributed by atoms with Crippen molar-refractivity contribution in [1.29, 1.82) is 0 Å². The molecule has 0 fully saturated rings. The van der Waals surface area contributed by atoms with Crippen LogP contribution in [0.2, 0.25) is 5.02 Å². The Balaban J connectivity index is 2.65. The van der Waals surface area contributed by atoms with Crippen LogP contribution < -0.4 is 10.2 Å². The Kier molecular flexibility index (Phi) is 5.43. The summed E-state index contributed by atoms with van der Waals surface area (Å²) in [4.78, 5) is 6.57. The van der Waals surface area contributed by atoms with E-state index in [2.05, 4.69) is 22.1 Å². The van der Waals surface area contributed by atoms with Crippen LogP contribution >= 0.6 is 11.6 Å². The van der Waals surface area contributed by atoms with E-state index in [-0.39, 0.29) is 0 Å². The Morgan fingerprint density at radius 3 is 2.73 bits per heavy atom. The molecule has 1 heterocycles. The molecule has 0 spiro atoms. The first-order chi connectivity index (χ1) is 7.27. The molecule has 1 rings (SSSR count). The number of pyridine rings is 1. The fourth-order valence-electron chi connectivity index (χ4n) is 1.41. The number of likely N-dealkylation sites (N-methyl/N-ethyl adjacent to an activating group) is 1. The van der Waals surface area contributed by atoms with Gasteiger partial charge in [-0.05, 0) is 25.6 Å². The highest BCUT2D eigenvalue weighted by molar-refractivity contribution is 6.30. The zero-order valence-corrected chi connectivity index (χ0v) is 10.1. The second-order valence-electron chi connectivity index (χ2n) is 3.43. The third kappa shape index (κ3) is 4.06. The van der Waals surface area contributed by atoms with Crippen LogP contribution in [0, 0.1) is 0 Å². The smallest absolute Gasteiger partial charge is 0.128 e. The van der Waals surface area contributed by atoms with E-state index in [0.717, 1.165) is 31.9 Å². The lowest BCUT2D eigenvalue weighted by molar-refractivity contribution is 0.702. The lowest BCUT2D eigenvalue weighted by atomic mass is 10.3. The van der Waals surface area contributed by atoms with Gasteiger partial charge in [0.25, 0.3) is 0 Å². The summed E-state index contributed by atoms with van der Waals surface area (Å²) in [5.41, 5.74) is 0. The van der Waals surface area contributed by atoms with Crippen LogP contribution in [0.5, 0.6) is 0 Å². The average Bonchev–Trinajstić information content (AvgIpc) is 2.25. The second kappa shape index (κ2) is 6.64. The van der Waals surface area contributed by atoms with Crippen molar-refractivity contribution in [2.45, 2.75) is 13.3 Å². The van der Waals surface area contributed by atoms with Crippen LogP contribution in [-0.4, -0.2) is 31.7 Å². The predicted octanol–water partition coefficient (Wildman–Crippen LogP) is 2.17. The Hall–Kier alpha value is -0.800. The molecular formula is C11H18ClN3. The van der Waals surface area contributed by atoms with Gasteiger partial charge in [0, 0.05) is 25.8 Å². The number of anilines is 1. The first-order valence-electron chi connectivity index (χ1n) is 5.29. The molecule has 0 bridgehead atoms. The number of hydrogen-bond donors (Lipinski definition) is 1. The average molecular weight is 228 g/mol. The van der Waals surface area contributed by atoms with Crippen molar-refractivity contribution in [3.63, 3.8) is 0 Å². The summed E-state index contributed by atoms with van der Waals surface area (Å²) >= 11 is 5.80. The SMILES string of the molecule is CCCN(CCNC)c1ccc(Cl)cn1. The third-order valence-electron chi connectivity index (χ3n) is 2.16. The molecule has 0 saturated heterocycles. The summed E-state index contributed by atoms with van der Waals surface area (Å²) in [6, 6.07) is 3.85. The van der Waals surface area contributed by atoms with E-state index >= 15 is 0 Å². The molecule has 0 amide bonds. The molecule has 0 aromatic carbocycles. The molecule has 84 valence electrons. The van der Waals surface area contributed by atoms with Crippen molar-refractivity contribution in [2.24, 2.45) is 0 Å². The zero-order chi connectivity index (χ0) is 11.1. The molecule has 0 unspecified atom stereocenters. The van der Waals surface area contributed by atoms with Crippen molar-refractivity contribution in [3.05, 3.63) is 23.4 Å². The number of aromatic nitrogens is 1. The van der Waals surface area contributed by atoms with Crippen LogP contribution in [0.3, 0.4) is 0 Å². The minimum absolute atomic E-state index is 0.684. The Bertz CT molecular complexity index is 274. The molecule has 1 aromatic rings.